The van der Waals surface area contributed by atoms with Crippen LogP contribution >= 0.6 is 0 Å². The van der Waals surface area contributed by atoms with Crippen molar-refractivity contribution in [3.63, 3.8) is 0 Å². The number of carbonyl (C=O) groups excluding carboxylic acids is 1. The molecule has 4 rings (SSSR count). The van der Waals surface area contributed by atoms with Crippen LogP contribution in [0.2, 0.25) is 0 Å². The molecule has 2 amide bonds. The number of benzene rings is 2. The second kappa shape index (κ2) is 10.1. The summed E-state index contributed by atoms with van der Waals surface area (Å²) in [7, 11) is 0. The van der Waals surface area contributed by atoms with Gasteiger partial charge in [-0.15, -0.1) is 0 Å². The Hall–Kier alpha value is -3.09. The van der Waals surface area contributed by atoms with E-state index in [4.69, 9.17) is 4.42 Å². The van der Waals surface area contributed by atoms with Gasteiger partial charge in [0, 0.05) is 45.0 Å². The van der Waals surface area contributed by atoms with Crippen molar-refractivity contribution < 1.29 is 9.21 Å². The molecule has 1 aliphatic rings. The van der Waals surface area contributed by atoms with Gasteiger partial charge in [-0.1, -0.05) is 42.5 Å². The zero-order valence-corrected chi connectivity index (χ0v) is 17.1. The van der Waals surface area contributed by atoms with Crippen molar-refractivity contribution in [3.05, 3.63) is 89.9 Å². The quantitative estimate of drug-likeness (QED) is 0.627. The van der Waals surface area contributed by atoms with Crippen LogP contribution in [0.15, 0.2) is 77.4 Å². The topological polar surface area (TPSA) is 60.8 Å². The first kappa shape index (κ1) is 20.2. The monoisotopic (exact) mass is 404 g/mol. The van der Waals surface area contributed by atoms with Gasteiger partial charge in [0.2, 0.25) is 0 Å². The molecule has 0 saturated carbocycles. The summed E-state index contributed by atoms with van der Waals surface area (Å²) < 4.78 is 5.45. The van der Waals surface area contributed by atoms with Crippen LogP contribution in [-0.4, -0.2) is 42.0 Å². The van der Waals surface area contributed by atoms with Crippen LogP contribution in [0.3, 0.4) is 0 Å². The van der Waals surface area contributed by atoms with Gasteiger partial charge in [0.05, 0.1) is 12.8 Å². The molecule has 0 aliphatic carbocycles. The number of hydrogen-bond acceptors (Lipinski definition) is 4. The Morgan fingerprint density at radius 1 is 0.800 bits per heavy atom. The number of furan rings is 1. The van der Waals surface area contributed by atoms with E-state index in [1.807, 2.05) is 54.6 Å². The molecular formula is C24H28N4O2. The molecule has 2 heterocycles. The van der Waals surface area contributed by atoms with Gasteiger partial charge in [0.1, 0.15) is 5.76 Å². The van der Waals surface area contributed by atoms with Crippen molar-refractivity contribution in [3.8, 4) is 0 Å². The maximum Gasteiger partial charge on any atom is 0.319 e. The summed E-state index contributed by atoms with van der Waals surface area (Å²) in [6.45, 7) is 6.49. The fraction of sp³-hybridized carbons (Fsp3) is 0.292. The molecule has 0 bridgehead atoms. The molecule has 0 spiro atoms. The molecule has 6 nitrogen and oxygen atoms in total. The van der Waals surface area contributed by atoms with Gasteiger partial charge >= 0.3 is 6.03 Å². The molecule has 30 heavy (non-hydrogen) atoms. The van der Waals surface area contributed by atoms with E-state index in [-0.39, 0.29) is 6.03 Å². The molecule has 1 aromatic heterocycles. The van der Waals surface area contributed by atoms with Crippen LogP contribution in [-0.2, 0) is 19.6 Å². The smallest absolute Gasteiger partial charge is 0.319 e. The summed E-state index contributed by atoms with van der Waals surface area (Å²) in [6.07, 6.45) is 1.73. The van der Waals surface area contributed by atoms with Gasteiger partial charge in [0.15, 0.2) is 0 Å². The second-order valence-electron chi connectivity index (χ2n) is 7.62. The lowest BCUT2D eigenvalue weighted by Gasteiger charge is -2.34. The first-order chi connectivity index (χ1) is 14.7. The molecule has 1 aliphatic heterocycles. The Labute approximate surface area is 177 Å². The van der Waals surface area contributed by atoms with E-state index in [2.05, 4.69) is 32.6 Å². The van der Waals surface area contributed by atoms with E-state index in [1.54, 1.807) is 6.26 Å². The SMILES string of the molecule is O=C(NCc1ccccc1)Nc1ccc(CN2CCN(Cc3ccco3)CC2)cc1. The summed E-state index contributed by atoms with van der Waals surface area (Å²) in [5.41, 5.74) is 3.13. The molecular weight excluding hydrogens is 376 g/mol. The van der Waals surface area contributed by atoms with Crippen molar-refractivity contribution in [1.29, 1.82) is 0 Å². The third-order valence-electron chi connectivity index (χ3n) is 5.34. The van der Waals surface area contributed by atoms with Crippen LogP contribution in [0.5, 0.6) is 0 Å². The fourth-order valence-electron chi connectivity index (χ4n) is 3.63. The number of rotatable bonds is 7. The molecule has 6 heteroatoms. The van der Waals surface area contributed by atoms with E-state index in [0.29, 0.717) is 6.54 Å². The van der Waals surface area contributed by atoms with Gasteiger partial charge in [-0.2, -0.15) is 0 Å². The lowest BCUT2D eigenvalue weighted by Crippen LogP contribution is -2.45. The van der Waals surface area contributed by atoms with E-state index in [9.17, 15) is 4.79 Å². The normalized spacial score (nSPS) is 15.1. The lowest BCUT2D eigenvalue weighted by atomic mass is 10.1. The Morgan fingerprint density at radius 3 is 2.17 bits per heavy atom. The summed E-state index contributed by atoms with van der Waals surface area (Å²) in [6, 6.07) is 21.8. The maximum absolute atomic E-state index is 12.1. The molecule has 0 radical (unpaired) electrons. The lowest BCUT2D eigenvalue weighted by molar-refractivity contribution is 0.116. The predicted molar refractivity (Wildman–Crippen MR) is 118 cm³/mol. The first-order valence-corrected chi connectivity index (χ1v) is 10.4. The molecule has 3 aromatic rings. The number of nitrogens with zero attached hydrogens (tertiary/aromatic N) is 2. The number of urea groups is 1. The molecule has 1 fully saturated rings. The van der Waals surface area contributed by atoms with Crippen LogP contribution < -0.4 is 10.6 Å². The standard InChI is InChI=1S/C24H28N4O2/c29-24(25-17-20-5-2-1-3-6-20)26-22-10-8-21(9-11-22)18-27-12-14-28(15-13-27)19-23-7-4-16-30-23/h1-11,16H,12-15,17-19H2,(H2,25,26,29). The van der Waals surface area contributed by atoms with Gasteiger partial charge in [0.25, 0.3) is 0 Å². The van der Waals surface area contributed by atoms with E-state index < -0.39 is 0 Å². The molecule has 156 valence electrons. The number of hydrogen-bond donors (Lipinski definition) is 2. The van der Waals surface area contributed by atoms with Crippen molar-refractivity contribution in [2.24, 2.45) is 0 Å². The van der Waals surface area contributed by atoms with Gasteiger partial charge < -0.3 is 15.1 Å². The molecule has 0 atom stereocenters. The zero-order chi connectivity index (χ0) is 20.6. The summed E-state index contributed by atoms with van der Waals surface area (Å²) in [5, 5.41) is 5.77. The third kappa shape index (κ3) is 5.95. The third-order valence-corrected chi connectivity index (χ3v) is 5.34. The fourth-order valence-corrected chi connectivity index (χ4v) is 3.63. The van der Waals surface area contributed by atoms with Crippen molar-refractivity contribution in [2.45, 2.75) is 19.6 Å². The van der Waals surface area contributed by atoms with Crippen molar-refractivity contribution in [2.75, 3.05) is 31.5 Å². The predicted octanol–water partition coefficient (Wildman–Crippen LogP) is 3.92. The maximum atomic E-state index is 12.1. The van der Waals surface area contributed by atoms with Crippen LogP contribution in [0.4, 0.5) is 10.5 Å². The van der Waals surface area contributed by atoms with Crippen LogP contribution in [0.1, 0.15) is 16.9 Å². The molecule has 1 saturated heterocycles. The molecule has 0 unspecified atom stereocenters. The van der Waals surface area contributed by atoms with E-state index in [0.717, 1.165) is 56.3 Å². The molecule has 2 aromatic carbocycles. The number of carbonyl (C=O) groups is 1. The van der Waals surface area contributed by atoms with E-state index in [1.165, 1.54) is 5.56 Å². The minimum absolute atomic E-state index is 0.195. The van der Waals surface area contributed by atoms with Crippen LogP contribution in [0, 0.1) is 0 Å². The summed E-state index contributed by atoms with van der Waals surface area (Å²) >= 11 is 0. The van der Waals surface area contributed by atoms with E-state index >= 15 is 0 Å². The zero-order valence-electron chi connectivity index (χ0n) is 17.1. The van der Waals surface area contributed by atoms with Gasteiger partial charge in [-0.25, -0.2) is 4.79 Å². The van der Waals surface area contributed by atoms with Crippen molar-refractivity contribution >= 4 is 11.7 Å². The second-order valence-corrected chi connectivity index (χ2v) is 7.62. The molecule has 2 N–H and O–H groups in total. The highest BCUT2D eigenvalue weighted by Gasteiger charge is 2.17. The average Bonchev–Trinajstić information content (AvgIpc) is 3.29. The Balaban J connectivity index is 1.19. The number of piperazine rings is 1. The highest BCUT2D eigenvalue weighted by atomic mass is 16.3. The number of anilines is 1. The highest BCUT2D eigenvalue weighted by Crippen LogP contribution is 2.14. The first-order valence-electron chi connectivity index (χ1n) is 10.4. The average molecular weight is 405 g/mol. The Kier molecular flexibility index (Phi) is 6.79. The number of nitrogens with one attached hydrogen (secondary N) is 2. The number of amides is 2. The van der Waals surface area contributed by atoms with Crippen LogP contribution in [0.25, 0.3) is 0 Å². The Morgan fingerprint density at radius 2 is 1.50 bits per heavy atom. The minimum Gasteiger partial charge on any atom is -0.468 e. The Bertz CT molecular complexity index is 902. The summed E-state index contributed by atoms with van der Waals surface area (Å²) in [4.78, 5) is 17.0. The minimum atomic E-state index is -0.195. The van der Waals surface area contributed by atoms with Gasteiger partial charge in [-0.05, 0) is 35.4 Å². The van der Waals surface area contributed by atoms with Crippen molar-refractivity contribution in [1.82, 2.24) is 15.1 Å². The van der Waals surface area contributed by atoms with Gasteiger partial charge in [-0.3, -0.25) is 9.80 Å². The summed E-state index contributed by atoms with van der Waals surface area (Å²) in [5.74, 6) is 1.03. The largest absolute Gasteiger partial charge is 0.468 e. The highest BCUT2D eigenvalue weighted by molar-refractivity contribution is 5.89.